The predicted molar refractivity (Wildman–Crippen MR) is 44.9 cm³/mol. The molecule has 0 saturated carbocycles. The minimum Gasteiger partial charge on any atom is -0.289 e. The normalized spacial score (nSPS) is 8.09. The zero-order valence-electron chi connectivity index (χ0n) is 5.54. The molecule has 0 aliphatic rings. The van der Waals surface area contributed by atoms with E-state index in [0.717, 1.165) is 4.47 Å². The molecule has 1 rings (SSSR count). The lowest BCUT2D eigenvalue weighted by atomic mass is 10.3. The van der Waals surface area contributed by atoms with Crippen LogP contribution in [0.1, 0.15) is 5.69 Å². The highest BCUT2D eigenvalue weighted by Gasteiger charge is 1.86. The van der Waals surface area contributed by atoms with Crippen molar-refractivity contribution in [2.45, 2.75) is 0 Å². The number of pyridine rings is 1. The highest BCUT2D eigenvalue weighted by Crippen LogP contribution is 2.06. The predicted octanol–water partition coefficient (Wildman–Crippen LogP) is 1.39. The first-order chi connectivity index (χ1) is 5.33. The van der Waals surface area contributed by atoms with E-state index in [1.54, 1.807) is 12.3 Å². The molecule has 0 atom stereocenters. The van der Waals surface area contributed by atoms with Gasteiger partial charge in [0.1, 0.15) is 5.69 Å². The molecule has 0 bridgehead atoms. The Balaban J connectivity index is 2.90. The van der Waals surface area contributed by atoms with E-state index < -0.39 is 0 Å². The molecule has 0 aliphatic heterocycles. The third kappa shape index (κ3) is 2.52. The van der Waals surface area contributed by atoms with Crippen molar-refractivity contribution < 1.29 is 4.79 Å². The molecule has 3 heteroatoms. The van der Waals surface area contributed by atoms with Crippen molar-refractivity contribution in [3.63, 3.8) is 0 Å². The Morgan fingerprint density at radius 1 is 1.55 bits per heavy atom. The number of hydrogen-bond acceptors (Lipinski definition) is 2. The lowest BCUT2D eigenvalue weighted by Crippen LogP contribution is -1.79. The van der Waals surface area contributed by atoms with Gasteiger partial charge in [-0.1, -0.05) is 0 Å². The molecule has 0 N–H and O–H groups in total. The van der Waals surface area contributed by atoms with E-state index in [1.807, 2.05) is 6.07 Å². The van der Waals surface area contributed by atoms with E-state index >= 15 is 0 Å². The average molecular weight is 210 g/mol. The number of halogens is 1. The standard InChI is InChI=1S/C8H4BrNO/c9-7-3-4-8(10-6-7)2-1-5-11/h3-6H. The average Bonchev–Trinajstić information content (AvgIpc) is 2.04. The second kappa shape index (κ2) is 3.89. The fourth-order valence-electron chi connectivity index (χ4n) is 0.553. The fourth-order valence-corrected chi connectivity index (χ4v) is 0.788. The molecule has 0 amide bonds. The number of hydrogen-bond donors (Lipinski definition) is 0. The third-order valence-corrected chi connectivity index (χ3v) is 1.46. The summed E-state index contributed by atoms with van der Waals surface area (Å²) in [7, 11) is 0. The molecule has 0 fully saturated rings. The van der Waals surface area contributed by atoms with Gasteiger partial charge in [0.2, 0.25) is 0 Å². The minimum absolute atomic E-state index is 0.545. The van der Waals surface area contributed by atoms with Gasteiger partial charge in [-0.15, -0.1) is 0 Å². The van der Waals surface area contributed by atoms with Crippen LogP contribution in [0.4, 0.5) is 0 Å². The summed E-state index contributed by atoms with van der Waals surface area (Å²) in [6, 6.07) is 3.56. The Kier molecular flexibility index (Phi) is 2.82. The van der Waals surface area contributed by atoms with E-state index in [-0.39, 0.29) is 0 Å². The second-order valence-electron chi connectivity index (χ2n) is 1.75. The zero-order valence-corrected chi connectivity index (χ0v) is 7.13. The van der Waals surface area contributed by atoms with Crippen molar-refractivity contribution in [3.05, 3.63) is 28.5 Å². The molecular weight excluding hydrogens is 206 g/mol. The minimum atomic E-state index is 0.545. The van der Waals surface area contributed by atoms with E-state index in [1.165, 1.54) is 0 Å². The monoisotopic (exact) mass is 209 g/mol. The number of nitrogens with zero attached hydrogens (tertiary/aromatic N) is 1. The molecule has 1 aromatic rings. The van der Waals surface area contributed by atoms with Crippen LogP contribution in [0.3, 0.4) is 0 Å². The van der Waals surface area contributed by atoms with E-state index in [4.69, 9.17) is 0 Å². The maximum absolute atomic E-state index is 9.83. The first-order valence-electron chi connectivity index (χ1n) is 2.89. The molecule has 2 nitrogen and oxygen atoms in total. The number of rotatable bonds is 0. The Hall–Kier alpha value is -1.14. The molecule has 0 spiro atoms. The maximum atomic E-state index is 9.83. The van der Waals surface area contributed by atoms with Crippen LogP contribution < -0.4 is 0 Å². The summed E-state index contributed by atoms with van der Waals surface area (Å²) in [6.45, 7) is 0. The fraction of sp³-hybridized carbons (Fsp3) is 0. The number of carbonyl (C=O) groups is 1. The summed E-state index contributed by atoms with van der Waals surface area (Å²) in [6.07, 6.45) is 2.18. The first kappa shape index (κ1) is 7.96. The van der Waals surface area contributed by atoms with Crippen molar-refractivity contribution in [2.24, 2.45) is 0 Å². The molecule has 1 heterocycles. The van der Waals surface area contributed by atoms with Gasteiger partial charge in [-0.2, -0.15) is 0 Å². The lowest BCUT2D eigenvalue weighted by molar-refractivity contribution is -0.103. The molecule has 0 unspecified atom stereocenters. The van der Waals surface area contributed by atoms with Crippen molar-refractivity contribution in [1.82, 2.24) is 4.98 Å². The van der Waals surface area contributed by atoms with Crippen LogP contribution in [0.2, 0.25) is 0 Å². The van der Waals surface area contributed by atoms with Crippen molar-refractivity contribution >= 4 is 22.2 Å². The number of carbonyl (C=O) groups excluding carboxylic acids is 1. The molecule has 54 valence electrons. The van der Waals surface area contributed by atoms with Gasteiger partial charge in [-0.25, -0.2) is 4.98 Å². The molecule has 0 saturated heterocycles. The third-order valence-electron chi connectivity index (χ3n) is 0.987. The summed E-state index contributed by atoms with van der Waals surface area (Å²) in [5.41, 5.74) is 0.598. The van der Waals surface area contributed by atoms with Gasteiger partial charge in [0.25, 0.3) is 0 Å². The summed E-state index contributed by atoms with van der Waals surface area (Å²) in [5.74, 6) is 4.85. The van der Waals surface area contributed by atoms with Crippen LogP contribution in [0, 0.1) is 11.8 Å². The van der Waals surface area contributed by atoms with Crippen molar-refractivity contribution in [3.8, 4) is 11.8 Å². The van der Waals surface area contributed by atoms with Gasteiger partial charge >= 0.3 is 0 Å². The Bertz CT molecular complexity index is 307. The van der Waals surface area contributed by atoms with Gasteiger partial charge in [0.05, 0.1) is 0 Å². The van der Waals surface area contributed by atoms with Gasteiger partial charge in [0, 0.05) is 10.7 Å². The van der Waals surface area contributed by atoms with E-state index in [2.05, 4.69) is 32.8 Å². The van der Waals surface area contributed by atoms with Crippen LogP contribution in [-0.2, 0) is 4.79 Å². The SMILES string of the molecule is O=CC#Cc1ccc(Br)cn1. The van der Waals surface area contributed by atoms with Crippen LogP contribution in [-0.4, -0.2) is 11.3 Å². The summed E-state index contributed by atoms with van der Waals surface area (Å²) < 4.78 is 0.897. The molecular formula is C8H4BrNO. The molecule has 0 aromatic carbocycles. The van der Waals surface area contributed by atoms with Crippen molar-refractivity contribution in [1.29, 1.82) is 0 Å². The topological polar surface area (TPSA) is 30.0 Å². The van der Waals surface area contributed by atoms with Crippen LogP contribution in [0.5, 0.6) is 0 Å². The zero-order chi connectivity index (χ0) is 8.10. The maximum Gasteiger partial charge on any atom is 0.193 e. The molecule has 11 heavy (non-hydrogen) atoms. The first-order valence-corrected chi connectivity index (χ1v) is 3.69. The Morgan fingerprint density at radius 2 is 2.36 bits per heavy atom. The highest BCUT2D eigenvalue weighted by atomic mass is 79.9. The molecule has 1 aromatic heterocycles. The molecule has 0 aliphatic carbocycles. The van der Waals surface area contributed by atoms with Gasteiger partial charge in [-0.3, -0.25) is 4.79 Å². The second-order valence-corrected chi connectivity index (χ2v) is 2.66. The van der Waals surface area contributed by atoms with Crippen LogP contribution >= 0.6 is 15.9 Å². The van der Waals surface area contributed by atoms with Gasteiger partial charge in [0.15, 0.2) is 6.29 Å². The lowest BCUT2D eigenvalue weighted by Gasteiger charge is -1.87. The number of aromatic nitrogens is 1. The quantitative estimate of drug-likeness (QED) is 0.478. The summed E-state index contributed by atoms with van der Waals surface area (Å²) in [5, 5.41) is 0. The Morgan fingerprint density at radius 3 is 2.91 bits per heavy atom. The number of aldehydes is 1. The van der Waals surface area contributed by atoms with Crippen LogP contribution in [0.15, 0.2) is 22.8 Å². The highest BCUT2D eigenvalue weighted by molar-refractivity contribution is 9.10. The largest absolute Gasteiger partial charge is 0.289 e. The smallest absolute Gasteiger partial charge is 0.193 e. The van der Waals surface area contributed by atoms with Gasteiger partial charge in [-0.05, 0) is 39.9 Å². The van der Waals surface area contributed by atoms with Crippen molar-refractivity contribution in [2.75, 3.05) is 0 Å². The van der Waals surface area contributed by atoms with E-state index in [0.29, 0.717) is 12.0 Å². The summed E-state index contributed by atoms with van der Waals surface area (Å²) in [4.78, 5) is 13.8. The molecule has 0 radical (unpaired) electrons. The van der Waals surface area contributed by atoms with E-state index in [9.17, 15) is 4.79 Å². The summed E-state index contributed by atoms with van der Waals surface area (Å²) >= 11 is 3.23. The van der Waals surface area contributed by atoms with Gasteiger partial charge < -0.3 is 0 Å². The van der Waals surface area contributed by atoms with Crippen LogP contribution in [0.25, 0.3) is 0 Å². The Labute approximate surface area is 72.8 Å².